The van der Waals surface area contributed by atoms with Crippen molar-refractivity contribution in [3.05, 3.63) is 89.1 Å². The predicted octanol–water partition coefficient (Wildman–Crippen LogP) is 6.51. The number of benzene rings is 3. The molecule has 1 unspecified atom stereocenters. The molecular formula is C31H28N6O4S. The van der Waals surface area contributed by atoms with Gasteiger partial charge in [-0.1, -0.05) is 24.3 Å². The van der Waals surface area contributed by atoms with E-state index in [-0.39, 0.29) is 17.1 Å². The summed E-state index contributed by atoms with van der Waals surface area (Å²) < 4.78 is 5.37. The molecule has 1 fully saturated rings. The van der Waals surface area contributed by atoms with E-state index in [1.165, 1.54) is 0 Å². The number of methoxy groups -OCH3 is 1. The van der Waals surface area contributed by atoms with E-state index < -0.39 is 5.25 Å². The Hall–Kier alpha value is -5.03. The fraction of sp³-hybridized carbons (Fsp3) is 0.161. The van der Waals surface area contributed by atoms with Crippen molar-refractivity contribution in [2.24, 2.45) is 4.99 Å². The Kier molecular flexibility index (Phi) is 8.30. The molecule has 3 aromatic carbocycles. The summed E-state index contributed by atoms with van der Waals surface area (Å²) in [5.74, 6) is 1.10. The molecule has 4 aromatic rings. The first-order chi connectivity index (χ1) is 20.2. The second-order valence-electron chi connectivity index (χ2n) is 9.46. The van der Waals surface area contributed by atoms with Crippen LogP contribution in [0.15, 0.2) is 71.7 Å². The van der Waals surface area contributed by atoms with Gasteiger partial charge >= 0.3 is 0 Å². The van der Waals surface area contributed by atoms with E-state index in [2.05, 4.69) is 25.9 Å². The lowest BCUT2D eigenvalue weighted by molar-refractivity contribution is -0.119. The molecule has 11 heteroatoms. The van der Waals surface area contributed by atoms with E-state index in [1.54, 1.807) is 55.8 Å². The Bertz CT molecular complexity index is 1720. The molecule has 10 nitrogen and oxygen atoms in total. The minimum absolute atomic E-state index is 0.316. The standard InChI is InChI=1S/C31H28N6O4S/c1-5-32-25-18(3)33-27(36-28(25)34-23-13-14-24(41-4)17(2)15-23)20-7-6-8-21(16-20)29(38)35-22-11-9-19(10-12-22)26-30(39)37-31(40)42-26/h5-16,26H,1-4H3,(H,35,38)(H,33,34,36)(H,37,39,40). The molecule has 3 N–H and O–H groups in total. The Morgan fingerprint density at radius 1 is 1.02 bits per heavy atom. The lowest BCUT2D eigenvalue weighted by atomic mass is 10.1. The minimum Gasteiger partial charge on any atom is -0.496 e. The fourth-order valence-electron chi connectivity index (χ4n) is 4.48. The van der Waals surface area contributed by atoms with Crippen molar-refractivity contribution in [1.82, 2.24) is 15.3 Å². The van der Waals surface area contributed by atoms with Crippen LogP contribution >= 0.6 is 11.8 Å². The van der Waals surface area contributed by atoms with Crippen LogP contribution in [0.2, 0.25) is 0 Å². The predicted molar refractivity (Wildman–Crippen MR) is 165 cm³/mol. The molecule has 2 heterocycles. The maximum absolute atomic E-state index is 13.1. The van der Waals surface area contributed by atoms with Crippen LogP contribution in [0, 0.1) is 13.8 Å². The zero-order valence-corrected chi connectivity index (χ0v) is 24.2. The molecule has 1 atom stereocenters. The summed E-state index contributed by atoms with van der Waals surface area (Å²) >= 11 is 0.935. The highest BCUT2D eigenvalue weighted by Gasteiger charge is 2.32. The zero-order valence-electron chi connectivity index (χ0n) is 23.4. The number of thioether (sulfide) groups is 1. The van der Waals surface area contributed by atoms with Crippen molar-refractivity contribution in [3.63, 3.8) is 0 Å². The van der Waals surface area contributed by atoms with Crippen molar-refractivity contribution in [3.8, 4) is 17.1 Å². The number of carbonyl (C=O) groups is 3. The molecule has 5 rings (SSSR count). The highest BCUT2D eigenvalue weighted by atomic mass is 32.2. The number of hydrogen-bond donors (Lipinski definition) is 3. The number of nitrogens with one attached hydrogen (secondary N) is 3. The molecular weight excluding hydrogens is 552 g/mol. The molecule has 212 valence electrons. The van der Waals surface area contributed by atoms with E-state index in [0.717, 1.165) is 28.8 Å². The molecule has 0 spiro atoms. The number of aliphatic imine (C=N–C) groups is 1. The Balaban J connectivity index is 1.38. The molecule has 1 aromatic heterocycles. The van der Waals surface area contributed by atoms with E-state index in [0.29, 0.717) is 45.4 Å². The van der Waals surface area contributed by atoms with Crippen LogP contribution in [0.4, 0.5) is 27.7 Å². The molecule has 1 aliphatic heterocycles. The maximum atomic E-state index is 13.1. The van der Waals surface area contributed by atoms with Gasteiger partial charge in [-0.05, 0) is 86.1 Å². The Morgan fingerprint density at radius 3 is 2.45 bits per heavy atom. The Labute approximate surface area is 247 Å². The van der Waals surface area contributed by atoms with Crippen molar-refractivity contribution < 1.29 is 19.1 Å². The third kappa shape index (κ3) is 6.16. The lowest BCUT2D eigenvalue weighted by Gasteiger charge is -2.14. The summed E-state index contributed by atoms with van der Waals surface area (Å²) in [6, 6.07) is 19.7. The summed E-state index contributed by atoms with van der Waals surface area (Å²) in [5, 5.41) is 7.55. The van der Waals surface area contributed by atoms with E-state index >= 15 is 0 Å². The number of amides is 3. The lowest BCUT2D eigenvalue weighted by Crippen LogP contribution is -2.20. The van der Waals surface area contributed by atoms with Crippen LogP contribution in [0.1, 0.15) is 39.4 Å². The Morgan fingerprint density at radius 2 is 1.79 bits per heavy atom. The van der Waals surface area contributed by atoms with Crippen LogP contribution in [0.3, 0.4) is 0 Å². The number of aryl methyl sites for hydroxylation is 2. The number of hydrogen-bond acceptors (Lipinski definition) is 9. The molecule has 0 aliphatic carbocycles. The maximum Gasteiger partial charge on any atom is 0.286 e. The average molecular weight is 581 g/mol. The van der Waals surface area contributed by atoms with Crippen molar-refractivity contribution in [1.29, 1.82) is 0 Å². The summed E-state index contributed by atoms with van der Waals surface area (Å²) in [5.41, 5.74) is 5.41. The van der Waals surface area contributed by atoms with Gasteiger partial charge in [-0.25, -0.2) is 9.97 Å². The van der Waals surface area contributed by atoms with Gasteiger partial charge in [0.15, 0.2) is 11.6 Å². The molecule has 3 amide bonds. The third-order valence-electron chi connectivity index (χ3n) is 6.52. The molecule has 42 heavy (non-hydrogen) atoms. The quantitative estimate of drug-likeness (QED) is 0.201. The number of carbonyl (C=O) groups excluding carboxylic acids is 3. The highest BCUT2D eigenvalue weighted by Crippen LogP contribution is 2.35. The second kappa shape index (κ2) is 12.2. The van der Waals surface area contributed by atoms with Crippen molar-refractivity contribution >= 4 is 57.9 Å². The summed E-state index contributed by atoms with van der Waals surface area (Å²) in [7, 11) is 1.63. The molecule has 0 saturated carbocycles. The monoisotopic (exact) mass is 580 g/mol. The number of ether oxygens (including phenoxy) is 1. The van der Waals surface area contributed by atoms with Gasteiger partial charge in [0.1, 0.15) is 16.7 Å². The molecule has 0 bridgehead atoms. The minimum atomic E-state index is -0.593. The summed E-state index contributed by atoms with van der Waals surface area (Å²) in [6.45, 7) is 5.66. The van der Waals surface area contributed by atoms with Gasteiger partial charge in [0.2, 0.25) is 5.91 Å². The van der Waals surface area contributed by atoms with Gasteiger partial charge in [0.25, 0.3) is 11.1 Å². The first-order valence-electron chi connectivity index (χ1n) is 13.1. The number of nitrogens with zero attached hydrogens (tertiary/aromatic N) is 3. The van der Waals surface area contributed by atoms with E-state index in [9.17, 15) is 14.4 Å². The fourth-order valence-corrected chi connectivity index (χ4v) is 5.31. The van der Waals surface area contributed by atoms with Crippen LogP contribution < -0.4 is 20.7 Å². The van der Waals surface area contributed by atoms with Crippen LogP contribution in [-0.4, -0.2) is 40.3 Å². The van der Waals surface area contributed by atoms with E-state index in [4.69, 9.17) is 9.72 Å². The number of aromatic nitrogens is 2. The highest BCUT2D eigenvalue weighted by molar-refractivity contribution is 8.15. The normalized spacial score (nSPS) is 14.6. The van der Waals surface area contributed by atoms with Gasteiger partial charge in [0.05, 0.1) is 12.8 Å². The van der Waals surface area contributed by atoms with Gasteiger partial charge in [-0.2, -0.15) is 0 Å². The average Bonchev–Trinajstić information content (AvgIpc) is 3.32. The zero-order chi connectivity index (χ0) is 29.8. The van der Waals surface area contributed by atoms with E-state index in [1.807, 2.05) is 45.0 Å². The number of anilines is 3. The molecule has 1 saturated heterocycles. The first kappa shape index (κ1) is 28.5. The van der Waals surface area contributed by atoms with Gasteiger partial charge in [-0.3, -0.25) is 24.7 Å². The SMILES string of the molecule is CC=Nc1c(C)nc(-c2cccc(C(=O)Nc3ccc(C4SC(=O)NC4=O)cc3)c2)nc1Nc1ccc(OC)c(C)c1. The largest absolute Gasteiger partial charge is 0.496 e. The smallest absolute Gasteiger partial charge is 0.286 e. The van der Waals surface area contributed by atoms with Gasteiger partial charge in [-0.15, -0.1) is 0 Å². The van der Waals surface area contributed by atoms with Crippen molar-refractivity contribution in [2.45, 2.75) is 26.0 Å². The number of rotatable bonds is 8. The van der Waals surface area contributed by atoms with Crippen LogP contribution in [-0.2, 0) is 4.79 Å². The molecule has 1 aliphatic rings. The topological polar surface area (TPSA) is 135 Å². The third-order valence-corrected chi connectivity index (χ3v) is 7.55. The van der Waals surface area contributed by atoms with Crippen LogP contribution in [0.25, 0.3) is 11.4 Å². The van der Waals surface area contributed by atoms with Crippen LogP contribution in [0.5, 0.6) is 5.75 Å². The number of imide groups is 1. The van der Waals surface area contributed by atoms with Crippen molar-refractivity contribution in [2.75, 3.05) is 17.7 Å². The molecule has 0 radical (unpaired) electrons. The summed E-state index contributed by atoms with van der Waals surface area (Å²) in [4.78, 5) is 50.5. The van der Waals surface area contributed by atoms with Gasteiger partial charge < -0.3 is 15.4 Å². The van der Waals surface area contributed by atoms with Gasteiger partial charge in [0, 0.05) is 28.7 Å². The second-order valence-corrected chi connectivity index (χ2v) is 10.5. The first-order valence-corrected chi connectivity index (χ1v) is 14.0. The summed E-state index contributed by atoms with van der Waals surface area (Å²) in [6.07, 6.45) is 1.69.